The first-order valence-electron chi connectivity index (χ1n) is 7.98. The summed E-state index contributed by atoms with van der Waals surface area (Å²) in [4.78, 5) is 22.3. The molecular formula is C16H22O4. The van der Waals surface area contributed by atoms with E-state index in [0.29, 0.717) is 12.0 Å². The van der Waals surface area contributed by atoms with Gasteiger partial charge in [0.2, 0.25) is 6.10 Å². The predicted molar refractivity (Wildman–Crippen MR) is 70.7 cm³/mol. The Balaban J connectivity index is 1.29. The molecule has 4 saturated carbocycles. The topological polar surface area (TPSA) is 52.6 Å². The molecule has 0 aromatic heterocycles. The van der Waals surface area contributed by atoms with Crippen LogP contribution in [-0.2, 0) is 19.1 Å². The molecule has 4 nitrogen and oxygen atoms in total. The zero-order chi connectivity index (χ0) is 13.7. The Hall–Kier alpha value is -1.06. The smallest absolute Gasteiger partial charge is 0.348 e. The van der Waals surface area contributed by atoms with E-state index in [4.69, 9.17) is 9.47 Å². The van der Waals surface area contributed by atoms with Crippen LogP contribution in [0.3, 0.4) is 0 Å². The van der Waals surface area contributed by atoms with Crippen LogP contribution < -0.4 is 0 Å². The normalized spacial score (nSPS) is 44.9. The van der Waals surface area contributed by atoms with Crippen LogP contribution in [0.1, 0.15) is 51.4 Å². The second-order valence-corrected chi connectivity index (χ2v) is 7.52. The quantitative estimate of drug-likeness (QED) is 0.741. The minimum atomic E-state index is -0.626. The molecular weight excluding hydrogens is 256 g/mol. The number of ether oxygens (including phenoxy) is 2. The highest BCUT2D eigenvalue weighted by Crippen LogP contribution is 2.61. The number of carbonyl (C=O) groups excluding carboxylic acids is 2. The zero-order valence-electron chi connectivity index (χ0n) is 11.8. The lowest BCUT2D eigenvalue weighted by atomic mass is 9.49. The molecule has 0 unspecified atom stereocenters. The largest absolute Gasteiger partial charge is 0.463 e. The van der Waals surface area contributed by atoms with Crippen LogP contribution in [0.2, 0.25) is 0 Å². The summed E-state index contributed by atoms with van der Waals surface area (Å²) in [7, 11) is 0. The van der Waals surface area contributed by atoms with Gasteiger partial charge in [0.1, 0.15) is 0 Å². The lowest BCUT2D eigenvalue weighted by Gasteiger charge is -2.57. The van der Waals surface area contributed by atoms with Gasteiger partial charge >= 0.3 is 11.9 Å². The summed E-state index contributed by atoms with van der Waals surface area (Å²) < 4.78 is 10.1. The third kappa shape index (κ3) is 2.13. The number of esters is 2. The summed E-state index contributed by atoms with van der Waals surface area (Å²) >= 11 is 0. The maximum absolute atomic E-state index is 11.7. The van der Waals surface area contributed by atoms with E-state index >= 15 is 0 Å². The van der Waals surface area contributed by atoms with Gasteiger partial charge in [0.05, 0.1) is 13.0 Å². The molecule has 0 aromatic carbocycles. The number of hydrogen-bond donors (Lipinski definition) is 0. The van der Waals surface area contributed by atoms with E-state index in [1.165, 1.54) is 38.5 Å². The van der Waals surface area contributed by atoms with Crippen molar-refractivity contribution in [1.82, 2.24) is 0 Å². The van der Waals surface area contributed by atoms with Crippen molar-refractivity contribution in [1.29, 1.82) is 0 Å². The van der Waals surface area contributed by atoms with Crippen LogP contribution in [-0.4, -0.2) is 24.6 Å². The second kappa shape index (κ2) is 4.47. The molecule has 5 fully saturated rings. The van der Waals surface area contributed by atoms with Gasteiger partial charge in [0, 0.05) is 0 Å². The first kappa shape index (κ1) is 12.7. The fraction of sp³-hybridized carbons (Fsp3) is 0.875. The molecule has 110 valence electrons. The summed E-state index contributed by atoms with van der Waals surface area (Å²) in [5.41, 5.74) is 0.450. The molecule has 1 saturated heterocycles. The van der Waals surface area contributed by atoms with Crippen LogP contribution >= 0.6 is 0 Å². The number of hydrogen-bond acceptors (Lipinski definition) is 4. The molecule has 4 bridgehead atoms. The van der Waals surface area contributed by atoms with E-state index in [0.717, 1.165) is 24.2 Å². The Morgan fingerprint density at radius 2 is 1.70 bits per heavy atom. The highest BCUT2D eigenvalue weighted by atomic mass is 16.6. The minimum Gasteiger partial charge on any atom is -0.463 e. The van der Waals surface area contributed by atoms with Crippen molar-refractivity contribution in [3.8, 4) is 0 Å². The van der Waals surface area contributed by atoms with Gasteiger partial charge in [-0.1, -0.05) is 0 Å². The molecule has 1 aliphatic heterocycles. The van der Waals surface area contributed by atoms with E-state index < -0.39 is 6.10 Å². The van der Waals surface area contributed by atoms with Crippen molar-refractivity contribution in [3.63, 3.8) is 0 Å². The fourth-order valence-electron chi connectivity index (χ4n) is 5.49. The van der Waals surface area contributed by atoms with Gasteiger partial charge in [-0.05, 0) is 68.1 Å². The fourth-order valence-corrected chi connectivity index (χ4v) is 5.49. The van der Waals surface area contributed by atoms with Gasteiger partial charge in [-0.25, -0.2) is 4.79 Å². The highest BCUT2D eigenvalue weighted by molar-refractivity contribution is 5.89. The van der Waals surface area contributed by atoms with Crippen LogP contribution in [0.25, 0.3) is 0 Å². The number of rotatable bonds is 4. The molecule has 0 radical (unpaired) electrons. The molecule has 1 heterocycles. The molecule has 5 rings (SSSR count). The summed E-state index contributed by atoms with van der Waals surface area (Å²) in [5, 5.41) is 0. The molecule has 0 spiro atoms. The Kier molecular flexibility index (Phi) is 2.83. The first-order valence-corrected chi connectivity index (χ1v) is 7.98. The maximum Gasteiger partial charge on any atom is 0.348 e. The Bertz CT molecular complexity index is 398. The number of carbonyl (C=O) groups is 2. The average Bonchev–Trinajstić information content (AvgIpc) is 2.33. The molecule has 20 heavy (non-hydrogen) atoms. The molecule has 0 aromatic rings. The third-order valence-electron chi connectivity index (χ3n) is 5.93. The van der Waals surface area contributed by atoms with Crippen molar-refractivity contribution in [2.75, 3.05) is 6.61 Å². The monoisotopic (exact) mass is 278 g/mol. The summed E-state index contributed by atoms with van der Waals surface area (Å²) in [6.07, 6.45) is 8.92. The van der Waals surface area contributed by atoms with E-state index in [1.807, 2.05) is 0 Å². The minimum absolute atomic E-state index is 0.191. The van der Waals surface area contributed by atoms with Crippen molar-refractivity contribution in [2.24, 2.45) is 23.2 Å². The molecule has 5 aliphatic rings. The standard InChI is InChI=1S/C16H22O4/c17-14-6-13(20-14)15(18)19-2-1-16-7-10-3-11(8-16)5-12(4-10)9-16/h10-13H,1-9H2/t10?,11?,12?,13-,16?/m0/s1. The van der Waals surface area contributed by atoms with E-state index in [9.17, 15) is 9.59 Å². The van der Waals surface area contributed by atoms with Crippen molar-refractivity contribution in [3.05, 3.63) is 0 Å². The van der Waals surface area contributed by atoms with Crippen LogP contribution in [0.15, 0.2) is 0 Å². The Morgan fingerprint density at radius 3 is 2.20 bits per heavy atom. The van der Waals surface area contributed by atoms with Crippen molar-refractivity contribution in [2.45, 2.75) is 57.5 Å². The third-order valence-corrected chi connectivity index (χ3v) is 5.93. The summed E-state index contributed by atoms with van der Waals surface area (Å²) in [6, 6.07) is 0. The molecule has 4 aliphatic carbocycles. The van der Waals surface area contributed by atoms with Gasteiger partial charge in [0.15, 0.2) is 0 Å². The van der Waals surface area contributed by atoms with Gasteiger partial charge < -0.3 is 9.47 Å². The lowest BCUT2D eigenvalue weighted by Crippen LogP contribution is -2.46. The summed E-state index contributed by atoms with van der Waals surface area (Å²) in [5.74, 6) is 2.15. The molecule has 0 amide bonds. The van der Waals surface area contributed by atoms with Gasteiger partial charge in [0.25, 0.3) is 0 Å². The van der Waals surface area contributed by atoms with Crippen molar-refractivity contribution >= 4 is 11.9 Å². The number of cyclic esters (lactones) is 1. The van der Waals surface area contributed by atoms with Gasteiger partial charge in [-0.15, -0.1) is 0 Å². The van der Waals surface area contributed by atoms with E-state index in [-0.39, 0.29) is 18.4 Å². The molecule has 1 atom stereocenters. The second-order valence-electron chi connectivity index (χ2n) is 7.52. The summed E-state index contributed by atoms with van der Waals surface area (Å²) in [6.45, 7) is 0.499. The Morgan fingerprint density at radius 1 is 1.15 bits per heavy atom. The molecule has 4 heteroatoms. The van der Waals surface area contributed by atoms with Crippen molar-refractivity contribution < 1.29 is 19.1 Å². The maximum atomic E-state index is 11.7. The van der Waals surface area contributed by atoms with Crippen LogP contribution in [0.4, 0.5) is 0 Å². The SMILES string of the molecule is O=C1C[C@@H](C(=O)OCCC23CC4CC(CC(C4)C2)C3)O1. The lowest BCUT2D eigenvalue weighted by molar-refractivity contribution is -0.186. The van der Waals surface area contributed by atoms with Gasteiger partial charge in [-0.2, -0.15) is 0 Å². The van der Waals surface area contributed by atoms with E-state index in [2.05, 4.69) is 0 Å². The predicted octanol–water partition coefficient (Wildman–Crippen LogP) is 2.45. The first-order chi connectivity index (χ1) is 9.62. The van der Waals surface area contributed by atoms with Crippen LogP contribution in [0.5, 0.6) is 0 Å². The van der Waals surface area contributed by atoms with Crippen LogP contribution in [0, 0.1) is 23.2 Å². The average molecular weight is 278 g/mol. The molecule has 0 N–H and O–H groups in total. The highest BCUT2D eigenvalue weighted by Gasteiger charge is 2.50. The van der Waals surface area contributed by atoms with E-state index in [1.54, 1.807) is 0 Å². The zero-order valence-corrected chi connectivity index (χ0v) is 11.8. The van der Waals surface area contributed by atoms with Gasteiger partial charge in [-0.3, -0.25) is 4.79 Å². The Labute approximate surface area is 119 Å².